The third kappa shape index (κ3) is 5.07. The molecule has 0 radical (unpaired) electrons. The number of para-hydroxylation sites is 2. The summed E-state index contributed by atoms with van der Waals surface area (Å²) < 4.78 is 12.1. The summed E-state index contributed by atoms with van der Waals surface area (Å²) in [4.78, 5) is 0. The molecule has 172 valence electrons. The minimum Gasteiger partial charge on any atom is -0.496 e. The van der Waals surface area contributed by atoms with Crippen molar-refractivity contribution in [1.29, 1.82) is 0 Å². The van der Waals surface area contributed by atoms with Crippen molar-refractivity contribution in [3.05, 3.63) is 126 Å². The van der Waals surface area contributed by atoms with E-state index in [0.29, 0.717) is 6.61 Å². The van der Waals surface area contributed by atoms with Gasteiger partial charge in [0.25, 0.3) is 0 Å². The highest BCUT2D eigenvalue weighted by molar-refractivity contribution is 5.84. The van der Waals surface area contributed by atoms with Gasteiger partial charge in [0, 0.05) is 16.7 Å². The van der Waals surface area contributed by atoms with Crippen LogP contribution in [0.15, 0.2) is 104 Å². The lowest BCUT2D eigenvalue weighted by atomic mass is 9.84. The zero-order chi connectivity index (χ0) is 24.1. The van der Waals surface area contributed by atoms with Crippen LogP contribution in [0.3, 0.4) is 0 Å². The van der Waals surface area contributed by atoms with Crippen molar-refractivity contribution in [2.45, 2.75) is 32.8 Å². The minimum atomic E-state index is -0.0549. The van der Waals surface area contributed by atoms with Crippen LogP contribution in [0.25, 0.3) is 16.7 Å². The zero-order valence-corrected chi connectivity index (χ0v) is 20.5. The molecule has 0 N–H and O–H groups in total. The molecule has 0 unspecified atom stereocenters. The van der Waals surface area contributed by atoms with Gasteiger partial charge in [-0.1, -0.05) is 112 Å². The van der Waals surface area contributed by atoms with Gasteiger partial charge in [0.05, 0.1) is 7.11 Å². The summed E-state index contributed by atoms with van der Waals surface area (Å²) in [6.45, 7) is 11.6. The van der Waals surface area contributed by atoms with Gasteiger partial charge in [-0.3, -0.25) is 0 Å². The van der Waals surface area contributed by atoms with Crippen LogP contribution in [0.1, 0.15) is 43.0 Å². The second-order valence-electron chi connectivity index (χ2n) is 9.47. The summed E-state index contributed by atoms with van der Waals surface area (Å²) >= 11 is 0. The lowest BCUT2D eigenvalue weighted by molar-refractivity contribution is 0.299. The van der Waals surface area contributed by atoms with Crippen LogP contribution in [0, 0.1) is 0 Å². The summed E-state index contributed by atoms with van der Waals surface area (Å²) in [5.41, 5.74) is 7.44. The van der Waals surface area contributed by atoms with Crippen LogP contribution < -0.4 is 9.47 Å². The van der Waals surface area contributed by atoms with E-state index in [4.69, 9.17) is 9.47 Å². The third-order valence-electron chi connectivity index (χ3n) is 6.00. The molecule has 0 atom stereocenters. The van der Waals surface area contributed by atoms with Crippen LogP contribution in [-0.2, 0) is 12.0 Å². The van der Waals surface area contributed by atoms with Crippen LogP contribution in [-0.4, -0.2) is 7.11 Å². The molecule has 2 heteroatoms. The van der Waals surface area contributed by atoms with E-state index in [1.165, 1.54) is 5.56 Å². The molecular formula is C32H32O2. The standard InChI is InChI=1S/C32H32O2/c1-23(27-17-9-10-20-30(27)33-5)25-15-11-16-26(21-25)28-18-12-19-29(32(2,3)4)31(28)34-22-24-13-7-6-8-14-24/h6-21H,1,22H2,2-5H3. The Labute approximate surface area is 203 Å². The molecule has 4 rings (SSSR count). The molecule has 0 bridgehead atoms. The fraction of sp³-hybridized carbons (Fsp3) is 0.188. The maximum Gasteiger partial charge on any atom is 0.131 e. The van der Waals surface area contributed by atoms with Gasteiger partial charge < -0.3 is 9.47 Å². The summed E-state index contributed by atoms with van der Waals surface area (Å²) in [5, 5.41) is 0. The van der Waals surface area contributed by atoms with Gasteiger partial charge in [0.15, 0.2) is 0 Å². The van der Waals surface area contributed by atoms with Crippen molar-refractivity contribution < 1.29 is 9.47 Å². The first kappa shape index (κ1) is 23.4. The highest BCUT2D eigenvalue weighted by Crippen LogP contribution is 2.41. The Morgan fingerprint density at radius 3 is 2.24 bits per heavy atom. The smallest absolute Gasteiger partial charge is 0.131 e. The average molecular weight is 449 g/mol. The molecule has 0 saturated carbocycles. The van der Waals surface area contributed by atoms with Crippen molar-refractivity contribution in [1.82, 2.24) is 0 Å². The molecule has 0 aromatic heterocycles. The second-order valence-corrected chi connectivity index (χ2v) is 9.47. The SMILES string of the molecule is C=C(c1cccc(-c2cccc(C(C)(C)C)c2OCc2ccccc2)c1)c1ccccc1OC. The average Bonchev–Trinajstić information content (AvgIpc) is 2.87. The lowest BCUT2D eigenvalue weighted by Crippen LogP contribution is -2.14. The summed E-state index contributed by atoms with van der Waals surface area (Å²) in [6, 6.07) is 33.2. The third-order valence-corrected chi connectivity index (χ3v) is 6.00. The largest absolute Gasteiger partial charge is 0.496 e. The van der Waals surface area contributed by atoms with Crippen molar-refractivity contribution in [3.63, 3.8) is 0 Å². The maximum atomic E-state index is 6.51. The molecule has 0 aliphatic rings. The van der Waals surface area contributed by atoms with E-state index < -0.39 is 0 Å². The highest BCUT2D eigenvalue weighted by Gasteiger charge is 2.22. The molecule has 0 heterocycles. The Morgan fingerprint density at radius 2 is 1.50 bits per heavy atom. The zero-order valence-electron chi connectivity index (χ0n) is 20.5. The van der Waals surface area contributed by atoms with E-state index in [2.05, 4.69) is 81.9 Å². The molecule has 2 nitrogen and oxygen atoms in total. The predicted molar refractivity (Wildman–Crippen MR) is 142 cm³/mol. The van der Waals surface area contributed by atoms with E-state index in [0.717, 1.165) is 44.9 Å². The van der Waals surface area contributed by atoms with Gasteiger partial charge in [-0.25, -0.2) is 0 Å². The molecule has 0 fully saturated rings. The molecular weight excluding hydrogens is 416 g/mol. The number of hydrogen-bond donors (Lipinski definition) is 0. The molecule has 4 aromatic carbocycles. The van der Waals surface area contributed by atoms with Crippen LogP contribution >= 0.6 is 0 Å². The van der Waals surface area contributed by atoms with Gasteiger partial charge in [-0.05, 0) is 39.8 Å². The Balaban J connectivity index is 1.76. The number of ether oxygens (including phenoxy) is 2. The van der Waals surface area contributed by atoms with E-state index >= 15 is 0 Å². The fourth-order valence-electron chi connectivity index (χ4n) is 4.16. The van der Waals surface area contributed by atoms with Crippen molar-refractivity contribution in [2.24, 2.45) is 0 Å². The van der Waals surface area contributed by atoms with Crippen LogP contribution in [0.4, 0.5) is 0 Å². The van der Waals surface area contributed by atoms with Gasteiger partial charge >= 0.3 is 0 Å². The summed E-state index contributed by atoms with van der Waals surface area (Å²) in [7, 11) is 1.69. The number of methoxy groups -OCH3 is 1. The molecule has 4 aromatic rings. The summed E-state index contributed by atoms with van der Waals surface area (Å²) in [6.07, 6.45) is 0. The Kier molecular flexibility index (Phi) is 6.88. The van der Waals surface area contributed by atoms with E-state index in [-0.39, 0.29) is 5.41 Å². The first-order valence-electron chi connectivity index (χ1n) is 11.6. The number of hydrogen-bond acceptors (Lipinski definition) is 2. The normalized spacial score (nSPS) is 11.2. The lowest BCUT2D eigenvalue weighted by Gasteiger charge is -2.25. The minimum absolute atomic E-state index is 0.0549. The van der Waals surface area contributed by atoms with Gasteiger partial charge in [-0.2, -0.15) is 0 Å². The van der Waals surface area contributed by atoms with E-state index in [1.54, 1.807) is 7.11 Å². The summed E-state index contributed by atoms with van der Waals surface area (Å²) in [5.74, 6) is 1.75. The molecule has 0 spiro atoms. The molecule has 0 saturated heterocycles. The van der Waals surface area contributed by atoms with Crippen molar-refractivity contribution in [2.75, 3.05) is 7.11 Å². The monoisotopic (exact) mass is 448 g/mol. The molecule has 0 aliphatic heterocycles. The van der Waals surface area contributed by atoms with Gasteiger partial charge in [0.1, 0.15) is 18.1 Å². The van der Waals surface area contributed by atoms with Gasteiger partial charge in [-0.15, -0.1) is 0 Å². The maximum absolute atomic E-state index is 6.51. The Hall–Kier alpha value is -3.78. The van der Waals surface area contributed by atoms with E-state index in [9.17, 15) is 0 Å². The number of benzene rings is 4. The van der Waals surface area contributed by atoms with Crippen molar-refractivity contribution in [3.8, 4) is 22.6 Å². The topological polar surface area (TPSA) is 18.5 Å². The molecule has 0 amide bonds. The van der Waals surface area contributed by atoms with E-state index in [1.807, 2.05) is 42.5 Å². The Bertz CT molecular complexity index is 1280. The second kappa shape index (κ2) is 10.0. The quantitative estimate of drug-likeness (QED) is 0.283. The first-order chi connectivity index (χ1) is 16.4. The van der Waals surface area contributed by atoms with Crippen LogP contribution in [0.2, 0.25) is 0 Å². The molecule has 0 aliphatic carbocycles. The van der Waals surface area contributed by atoms with Gasteiger partial charge in [0.2, 0.25) is 0 Å². The first-order valence-corrected chi connectivity index (χ1v) is 11.6. The Morgan fingerprint density at radius 1 is 0.794 bits per heavy atom. The van der Waals surface area contributed by atoms with Crippen LogP contribution in [0.5, 0.6) is 11.5 Å². The number of rotatable bonds is 7. The fourth-order valence-corrected chi connectivity index (χ4v) is 4.16. The highest BCUT2D eigenvalue weighted by atomic mass is 16.5. The predicted octanol–water partition coefficient (Wildman–Crippen LogP) is 8.30. The van der Waals surface area contributed by atoms with Crippen molar-refractivity contribution >= 4 is 5.57 Å². The molecule has 34 heavy (non-hydrogen) atoms.